The number of rotatable bonds is 6. The van der Waals surface area contributed by atoms with E-state index in [1.165, 1.54) is 10.9 Å². The van der Waals surface area contributed by atoms with Gasteiger partial charge in [-0.1, -0.05) is 29.3 Å². The lowest BCUT2D eigenvalue weighted by Gasteiger charge is -2.19. The molecule has 0 saturated carbocycles. The number of carbonyl (C=O) groups is 2. The molecule has 2 aromatic carbocycles. The third-order valence-corrected chi connectivity index (χ3v) is 6.73. The van der Waals surface area contributed by atoms with E-state index in [1.807, 2.05) is 0 Å². The molecule has 0 saturated heterocycles. The molecule has 0 aliphatic heterocycles. The molecule has 0 aliphatic carbocycles. The molecule has 0 bridgehead atoms. The lowest BCUT2D eigenvalue weighted by molar-refractivity contribution is -0.144. The highest BCUT2D eigenvalue weighted by atomic mass is 79.9. The fourth-order valence-electron chi connectivity index (χ4n) is 3.01. The maximum Gasteiger partial charge on any atom is 0.417 e. The molecule has 39 heavy (non-hydrogen) atoms. The van der Waals surface area contributed by atoms with Crippen molar-refractivity contribution in [2.24, 2.45) is 0 Å². The van der Waals surface area contributed by atoms with Gasteiger partial charge >= 0.3 is 18.5 Å². The van der Waals surface area contributed by atoms with Crippen molar-refractivity contribution in [3.8, 4) is 0 Å². The number of alkyl halides is 9. The van der Waals surface area contributed by atoms with Crippen molar-refractivity contribution in [3.05, 3.63) is 73.2 Å². The Morgan fingerprint density at radius 3 is 1.97 bits per heavy atom. The summed E-state index contributed by atoms with van der Waals surface area (Å²) < 4.78 is 133. The van der Waals surface area contributed by atoms with Crippen LogP contribution >= 0.6 is 39.1 Å². The first-order chi connectivity index (χ1) is 17.7. The van der Waals surface area contributed by atoms with Crippen LogP contribution in [0.4, 0.5) is 43.9 Å². The van der Waals surface area contributed by atoms with Crippen LogP contribution in [0, 0.1) is 0 Å². The van der Waals surface area contributed by atoms with Crippen LogP contribution in [0.25, 0.3) is 5.83 Å². The van der Waals surface area contributed by atoms with Gasteiger partial charge in [0.15, 0.2) is 0 Å². The van der Waals surface area contributed by atoms with Crippen LogP contribution in [-0.4, -0.2) is 24.2 Å². The average Bonchev–Trinajstić information content (AvgIpc) is 2.80. The second kappa shape index (κ2) is 12.3. The first kappa shape index (κ1) is 32.7. The van der Waals surface area contributed by atoms with Crippen LogP contribution in [-0.2, 0) is 11.0 Å². The summed E-state index contributed by atoms with van der Waals surface area (Å²) in [6.07, 6.45) is -17.9. The minimum absolute atomic E-state index is 0.00794. The molecular weight excluding hydrogens is 665 g/mol. The molecule has 214 valence electrons. The van der Waals surface area contributed by atoms with Crippen LogP contribution in [0.1, 0.15) is 45.8 Å². The van der Waals surface area contributed by atoms with Gasteiger partial charge in [0, 0.05) is 12.0 Å². The topological polar surface area (TPSA) is 58.2 Å². The van der Waals surface area contributed by atoms with Gasteiger partial charge in [-0.3, -0.25) is 20.4 Å². The number of benzene rings is 2. The lowest BCUT2D eigenvalue weighted by atomic mass is 9.95. The van der Waals surface area contributed by atoms with Crippen molar-refractivity contribution in [3.63, 3.8) is 0 Å². The number of hydrazine groups is 1. The number of allylic oxidation sites excluding steroid dienone is 1. The highest BCUT2D eigenvalue weighted by Crippen LogP contribution is 2.43. The summed E-state index contributed by atoms with van der Waals surface area (Å²) in [6.45, 7) is 0. The van der Waals surface area contributed by atoms with Gasteiger partial charge in [-0.15, -0.1) is 0 Å². The summed E-state index contributed by atoms with van der Waals surface area (Å²) in [5.41, 5.74) is -1.62. The summed E-state index contributed by atoms with van der Waals surface area (Å²) >= 11 is 14.6. The molecule has 2 rings (SSSR count). The number of halogens is 13. The molecule has 4 nitrogen and oxygen atoms in total. The van der Waals surface area contributed by atoms with Crippen LogP contribution in [0.2, 0.25) is 10.0 Å². The number of hydrogen-bond donors (Lipinski definition) is 2. The average molecular weight is 678 g/mol. The Morgan fingerprint density at radius 1 is 0.923 bits per heavy atom. The molecule has 1 unspecified atom stereocenters. The van der Waals surface area contributed by atoms with Gasteiger partial charge in [0.25, 0.3) is 5.91 Å². The summed E-state index contributed by atoms with van der Waals surface area (Å²) in [7, 11) is 0. The van der Waals surface area contributed by atoms with Crippen LogP contribution < -0.4 is 10.9 Å². The second-order valence-electron chi connectivity index (χ2n) is 7.71. The number of nitrogens with one attached hydrogen (secondary N) is 2. The van der Waals surface area contributed by atoms with Gasteiger partial charge < -0.3 is 0 Å². The van der Waals surface area contributed by atoms with Crippen molar-refractivity contribution >= 4 is 56.8 Å². The van der Waals surface area contributed by atoms with E-state index in [4.69, 9.17) is 23.2 Å². The predicted molar refractivity (Wildman–Crippen MR) is 124 cm³/mol. The molecule has 2 N–H and O–H groups in total. The van der Waals surface area contributed by atoms with Crippen molar-refractivity contribution in [1.82, 2.24) is 10.9 Å². The standard InChI is InChI=1S/C22H13BrCl2F10N2O2/c23-18-14(24)6-10(7-15(18)25)12(21(30,31)32)8-16(26)9-1-2-11(13(5-9)22(33,34)35)19(39)37-36-17(38)3-4-20(27,28)29/h1-2,5-8,12H,3-4H2,(H,36,38)(H,37,39)/b16-8-. The Labute approximate surface area is 231 Å². The SMILES string of the molecule is O=C(CCC(F)(F)F)NNC(=O)c1ccc(/C(F)=C/C(c2cc(Cl)c(Br)c(Cl)c2)C(F)(F)F)cc1C(F)(F)F. The Balaban J connectivity index is 2.41. The van der Waals surface area contributed by atoms with E-state index < -0.39 is 77.2 Å². The molecule has 0 spiro atoms. The number of hydrogen-bond acceptors (Lipinski definition) is 2. The zero-order chi connectivity index (χ0) is 29.9. The van der Waals surface area contributed by atoms with E-state index in [-0.39, 0.29) is 26.7 Å². The van der Waals surface area contributed by atoms with Gasteiger partial charge in [-0.25, -0.2) is 4.39 Å². The Bertz CT molecular complexity index is 1250. The maximum atomic E-state index is 14.9. The molecule has 1 atom stereocenters. The van der Waals surface area contributed by atoms with E-state index >= 15 is 0 Å². The molecule has 2 aromatic rings. The second-order valence-corrected chi connectivity index (χ2v) is 9.32. The maximum absolute atomic E-state index is 14.9. The molecule has 0 heterocycles. The summed E-state index contributed by atoms with van der Waals surface area (Å²) in [6, 6.07) is 2.70. The zero-order valence-electron chi connectivity index (χ0n) is 18.7. The smallest absolute Gasteiger partial charge is 0.273 e. The van der Waals surface area contributed by atoms with E-state index in [1.54, 1.807) is 0 Å². The Kier molecular flexibility index (Phi) is 10.3. The highest BCUT2D eigenvalue weighted by Gasteiger charge is 2.41. The van der Waals surface area contributed by atoms with Crippen LogP contribution in [0.5, 0.6) is 0 Å². The number of amides is 2. The molecule has 0 aromatic heterocycles. The fraction of sp³-hybridized carbons (Fsp3) is 0.273. The zero-order valence-corrected chi connectivity index (χ0v) is 21.8. The predicted octanol–water partition coefficient (Wildman–Crippen LogP) is 8.53. The van der Waals surface area contributed by atoms with Gasteiger partial charge in [-0.05, 0) is 51.8 Å². The van der Waals surface area contributed by atoms with E-state index in [0.717, 1.165) is 12.1 Å². The van der Waals surface area contributed by atoms with Gasteiger partial charge in [0.1, 0.15) is 11.7 Å². The summed E-state index contributed by atoms with van der Waals surface area (Å²) in [4.78, 5) is 23.5. The molecule has 0 radical (unpaired) electrons. The highest BCUT2D eigenvalue weighted by molar-refractivity contribution is 9.10. The summed E-state index contributed by atoms with van der Waals surface area (Å²) in [5.74, 6) is -7.44. The molecule has 0 fully saturated rings. The van der Waals surface area contributed by atoms with E-state index in [9.17, 15) is 53.5 Å². The quantitative estimate of drug-likeness (QED) is 0.183. The minimum atomic E-state index is -5.33. The largest absolute Gasteiger partial charge is 0.417 e. The minimum Gasteiger partial charge on any atom is -0.273 e. The first-order valence-electron chi connectivity index (χ1n) is 10.2. The monoisotopic (exact) mass is 676 g/mol. The molecule has 2 amide bonds. The van der Waals surface area contributed by atoms with Crippen molar-refractivity contribution in [2.45, 2.75) is 37.3 Å². The van der Waals surface area contributed by atoms with Crippen molar-refractivity contribution in [1.29, 1.82) is 0 Å². The Morgan fingerprint density at radius 2 is 1.49 bits per heavy atom. The normalized spacial score (nSPS) is 13.7. The number of carbonyl (C=O) groups excluding carboxylic acids is 2. The molecule has 0 aliphatic rings. The van der Waals surface area contributed by atoms with Gasteiger partial charge in [0.05, 0.1) is 32.1 Å². The third kappa shape index (κ3) is 9.28. The van der Waals surface area contributed by atoms with Crippen LogP contribution in [0.15, 0.2) is 40.9 Å². The third-order valence-electron chi connectivity index (χ3n) is 4.83. The van der Waals surface area contributed by atoms with Crippen molar-refractivity contribution < 1.29 is 53.5 Å². The van der Waals surface area contributed by atoms with Gasteiger partial charge in [0.2, 0.25) is 5.91 Å². The van der Waals surface area contributed by atoms with E-state index in [0.29, 0.717) is 12.1 Å². The fourth-order valence-corrected chi connectivity index (χ4v) is 3.75. The van der Waals surface area contributed by atoms with Crippen LogP contribution in [0.3, 0.4) is 0 Å². The molecule has 17 heteroatoms. The van der Waals surface area contributed by atoms with Gasteiger partial charge in [-0.2, -0.15) is 39.5 Å². The van der Waals surface area contributed by atoms with Crippen molar-refractivity contribution in [2.75, 3.05) is 0 Å². The first-order valence-corrected chi connectivity index (χ1v) is 11.7. The Hall–Kier alpha value is -2.52. The lowest BCUT2D eigenvalue weighted by Crippen LogP contribution is -2.42. The molecular formula is C22H13BrCl2F10N2O2. The van der Waals surface area contributed by atoms with E-state index in [2.05, 4.69) is 15.9 Å². The summed E-state index contributed by atoms with van der Waals surface area (Å²) in [5, 5.41) is -0.499.